The number of anilines is 4. The van der Waals surface area contributed by atoms with Crippen LogP contribution in [0.4, 0.5) is 22.7 Å². The monoisotopic (exact) mass is 538 g/mol. The van der Waals surface area contributed by atoms with Gasteiger partial charge in [-0.3, -0.25) is 0 Å². The molecule has 0 bridgehead atoms. The molecule has 0 saturated carbocycles. The molecule has 200 valence electrons. The van der Waals surface area contributed by atoms with Crippen LogP contribution in [0.2, 0.25) is 0 Å². The van der Waals surface area contributed by atoms with Crippen molar-refractivity contribution in [3.8, 4) is 0 Å². The molecule has 0 amide bonds. The quantitative estimate of drug-likeness (QED) is 0.227. The Balaban J connectivity index is 1.42. The van der Waals surface area contributed by atoms with Crippen molar-refractivity contribution in [2.45, 2.75) is 12.0 Å². The van der Waals surface area contributed by atoms with Gasteiger partial charge in [0, 0.05) is 22.4 Å². The number of rotatable bonds is 6. The number of nitrogens with zero attached hydrogens (tertiary/aromatic N) is 1. The molecule has 0 saturated heterocycles. The Bertz CT molecular complexity index is 2030. The van der Waals surface area contributed by atoms with Gasteiger partial charge in [-0.25, -0.2) is 0 Å². The molecule has 1 unspecified atom stereocenters. The molecule has 1 atom stereocenters. The van der Waals surface area contributed by atoms with Gasteiger partial charge in [0.15, 0.2) is 0 Å². The minimum atomic E-state index is -0.396. The van der Waals surface area contributed by atoms with E-state index < -0.39 is 5.54 Å². The zero-order valence-electron chi connectivity index (χ0n) is 23.2. The van der Waals surface area contributed by atoms with E-state index in [-0.39, 0.29) is 0 Å². The fourth-order valence-corrected chi connectivity index (χ4v) is 6.79. The van der Waals surface area contributed by atoms with Gasteiger partial charge in [-0.2, -0.15) is 0 Å². The molecule has 42 heavy (non-hydrogen) atoms. The van der Waals surface area contributed by atoms with Crippen LogP contribution in [0, 0.1) is 0 Å². The zero-order valence-corrected chi connectivity index (χ0v) is 23.2. The van der Waals surface area contributed by atoms with Gasteiger partial charge in [0.05, 0.1) is 11.2 Å². The second-order valence-electron chi connectivity index (χ2n) is 11.1. The van der Waals surface area contributed by atoms with Crippen molar-refractivity contribution in [3.05, 3.63) is 174 Å². The van der Waals surface area contributed by atoms with E-state index in [4.69, 9.17) is 0 Å². The smallest absolute Gasteiger partial charge is 0.0920 e. The average Bonchev–Trinajstić information content (AvgIpc) is 3.07. The number of para-hydroxylation sites is 3. The number of hydrogen-bond acceptors (Lipinski definition) is 2. The van der Waals surface area contributed by atoms with E-state index in [9.17, 15) is 0 Å². The largest absolute Gasteiger partial charge is 0.371 e. The van der Waals surface area contributed by atoms with Crippen molar-refractivity contribution in [2.24, 2.45) is 0 Å². The SMILES string of the molecule is C1=c2ccc3c(N(c4ccccc4)c4ccccc4)ccc4ccc(c2c43)C(Nc2ccccc2)(c2ccccc2)C1. The highest BCUT2D eigenvalue weighted by Gasteiger charge is 2.37. The first-order valence-corrected chi connectivity index (χ1v) is 14.6. The Morgan fingerprint density at radius 1 is 0.524 bits per heavy atom. The molecule has 0 heterocycles. The molecule has 8 rings (SSSR count). The molecule has 2 nitrogen and oxygen atoms in total. The third kappa shape index (κ3) is 3.88. The summed E-state index contributed by atoms with van der Waals surface area (Å²) in [5, 5.41) is 10.4. The molecule has 0 spiro atoms. The van der Waals surface area contributed by atoms with Crippen molar-refractivity contribution < 1.29 is 0 Å². The third-order valence-corrected chi connectivity index (χ3v) is 8.68. The van der Waals surface area contributed by atoms with Crippen LogP contribution in [0.3, 0.4) is 0 Å². The molecule has 0 aromatic heterocycles. The average molecular weight is 539 g/mol. The van der Waals surface area contributed by atoms with E-state index in [1.807, 2.05) is 0 Å². The predicted octanol–water partition coefficient (Wildman–Crippen LogP) is 9.72. The maximum Gasteiger partial charge on any atom is 0.0920 e. The van der Waals surface area contributed by atoms with Gasteiger partial charge in [0.1, 0.15) is 0 Å². The van der Waals surface area contributed by atoms with Gasteiger partial charge >= 0.3 is 0 Å². The second-order valence-corrected chi connectivity index (χ2v) is 11.1. The lowest BCUT2D eigenvalue weighted by atomic mass is 9.73. The fourth-order valence-electron chi connectivity index (χ4n) is 6.79. The van der Waals surface area contributed by atoms with Crippen LogP contribution in [-0.4, -0.2) is 0 Å². The van der Waals surface area contributed by atoms with E-state index in [2.05, 4.69) is 174 Å². The predicted molar refractivity (Wildman–Crippen MR) is 178 cm³/mol. The van der Waals surface area contributed by atoms with Gasteiger partial charge in [-0.05, 0) is 81.4 Å². The third-order valence-electron chi connectivity index (χ3n) is 8.68. The first-order chi connectivity index (χ1) is 20.8. The van der Waals surface area contributed by atoms with Crippen LogP contribution in [-0.2, 0) is 5.54 Å². The Labute approximate surface area is 246 Å². The number of hydrogen-bond donors (Lipinski definition) is 1. The van der Waals surface area contributed by atoms with Crippen molar-refractivity contribution in [1.82, 2.24) is 0 Å². The second kappa shape index (κ2) is 9.94. The molecule has 2 heteroatoms. The molecule has 7 aromatic carbocycles. The van der Waals surface area contributed by atoms with Gasteiger partial charge in [-0.1, -0.05) is 121 Å². The minimum Gasteiger partial charge on any atom is -0.371 e. The Morgan fingerprint density at radius 2 is 1.12 bits per heavy atom. The van der Waals surface area contributed by atoms with Gasteiger partial charge < -0.3 is 10.2 Å². The van der Waals surface area contributed by atoms with Crippen LogP contribution in [0.25, 0.3) is 27.6 Å². The van der Waals surface area contributed by atoms with E-state index in [0.717, 1.165) is 23.5 Å². The summed E-state index contributed by atoms with van der Waals surface area (Å²) in [5.41, 5.74) is 6.76. The summed E-state index contributed by atoms with van der Waals surface area (Å²) in [5.74, 6) is 0. The van der Waals surface area contributed by atoms with Crippen LogP contribution in [0.15, 0.2) is 158 Å². The summed E-state index contributed by atoms with van der Waals surface area (Å²) in [6, 6.07) is 56.7. The van der Waals surface area contributed by atoms with E-state index in [0.29, 0.717) is 0 Å². The topological polar surface area (TPSA) is 15.3 Å². The highest BCUT2D eigenvalue weighted by atomic mass is 15.1. The highest BCUT2D eigenvalue weighted by Crippen LogP contribution is 2.46. The van der Waals surface area contributed by atoms with E-state index >= 15 is 0 Å². The van der Waals surface area contributed by atoms with E-state index in [1.54, 1.807) is 0 Å². The maximum atomic E-state index is 4.01. The molecule has 0 aliphatic heterocycles. The fraction of sp³-hybridized carbons (Fsp3) is 0.0500. The molecule has 1 aliphatic rings. The van der Waals surface area contributed by atoms with Crippen molar-refractivity contribution >= 4 is 50.4 Å². The Morgan fingerprint density at radius 3 is 1.79 bits per heavy atom. The highest BCUT2D eigenvalue weighted by molar-refractivity contribution is 6.17. The molecular weight excluding hydrogens is 508 g/mol. The van der Waals surface area contributed by atoms with Crippen LogP contribution in [0.5, 0.6) is 0 Å². The first-order valence-electron chi connectivity index (χ1n) is 14.6. The zero-order chi connectivity index (χ0) is 27.9. The normalized spacial score (nSPS) is 15.8. The van der Waals surface area contributed by atoms with Crippen LogP contribution >= 0.6 is 0 Å². The van der Waals surface area contributed by atoms with Gasteiger partial charge in [0.2, 0.25) is 0 Å². The number of nitrogens with one attached hydrogen (secondary N) is 1. The standard InChI is InChI=1S/C40H30N2/c1-5-13-31(14-6-1)40(41-32-15-7-2-8-16-32)28-27-30-21-24-35-37(26-23-29-22-25-36(40)39(30)38(29)35)42(33-17-9-3-10-18-33)34-19-11-4-12-20-34/h1-27,41H,28H2. The summed E-state index contributed by atoms with van der Waals surface area (Å²) >= 11 is 0. The lowest BCUT2D eigenvalue weighted by molar-refractivity contribution is 0.614. The van der Waals surface area contributed by atoms with Gasteiger partial charge in [-0.15, -0.1) is 0 Å². The van der Waals surface area contributed by atoms with E-state index in [1.165, 1.54) is 43.6 Å². The lowest BCUT2D eigenvalue weighted by Gasteiger charge is -2.39. The summed E-state index contributed by atoms with van der Waals surface area (Å²) in [6.45, 7) is 0. The van der Waals surface area contributed by atoms with Crippen molar-refractivity contribution in [3.63, 3.8) is 0 Å². The molecule has 7 aromatic rings. The Hall–Kier alpha value is -5.34. The van der Waals surface area contributed by atoms with Crippen molar-refractivity contribution in [2.75, 3.05) is 10.2 Å². The molecule has 0 fully saturated rings. The van der Waals surface area contributed by atoms with Gasteiger partial charge in [0.25, 0.3) is 0 Å². The first kappa shape index (κ1) is 24.5. The van der Waals surface area contributed by atoms with Crippen molar-refractivity contribution in [1.29, 1.82) is 0 Å². The summed E-state index contributed by atoms with van der Waals surface area (Å²) in [4.78, 5) is 2.38. The molecular formula is C40H30N2. The lowest BCUT2D eigenvalue weighted by Crippen LogP contribution is -2.39. The number of benzene rings is 7. The Kier molecular flexibility index (Phi) is 5.79. The van der Waals surface area contributed by atoms with Crippen LogP contribution < -0.4 is 15.4 Å². The molecule has 1 N–H and O–H groups in total. The summed E-state index contributed by atoms with van der Waals surface area (Å²) in [7, 11) is 0. The maximum absolute atomic E-state index is 4.01. The molecule has 1 aliphatic carbocycles. The summed E-state index contributed by atoms with van der Waals surface area (Å²) in [6.07, 6.45) is 3.28. The van der Waals surface area contributed by atoms with Crippen LogP contribution in [0.1, 0.15) is 17.5 Å². The summed E-state index contributed by atoms with van der Waals surface area (Å²) < 4.78 is 0. The molecule has 0 radical (unpaired) electrons. The minimum absolute atomic E-state index is 0.396.